The van der Waals surface area contributed by atoms with E-state index in [0.717, 1.165) is 61.3 Å². The molecule has 5 nitrogen and oxygen atoms in total. The fourth-order valence-corrected chi connectivity index (χ4v) is 10.5. The molecule has 0 atom stereocenters. The lowest BCUT2D eigenvalue weighted by Crippen LogP contribution is -2.04. The van der Waals surface area contributed by atoms with Gasteiger partial charge in [-0.15, -0.1) is 0 Å². The van der Waals surface area contributed by atoms with E-state index in [0.29, 0.717) is 0 Å². The molecule has 14 rings (SSSR count). The molecule has 0 amide bonds. The van der Waals surface area contributed by atoms with Crippen LogP contribution in [0.1, 0.15) is 0 Å². The molecule has 0 spiro atoms. The van der Waals surface area contributed by atoms with Crippen LogP contribution in [0.15, 0.2) is 224 Å². The normalized spacial score (nSPS) is 12.0. The van der Waals surface area contributed by atoms with E-state index in [1.807, 2.05) is 12.1 Å². The monoisotopic (exact) mass is 827 g/mol. The predicted octanol–water partition coefficient (Wildman–Crippen LogP) is 15.4. The second kappa shape index (κ2) is 13.9. The number of rotatable bonds is 5. The number of fused-ring (bicyclic) bond motifs is 12. The molecule has 4 aromatic heterocycles. The minimum Gasteiger partial charge on any atom is -0.309 e. The lowest BCUT2D eigenvalue weighted by Gasteiger charge is -2.14. The largest absolute Gasteiger partial charge is 0.309 e. The highest BCUT2D eigenvalue weighted by molar-refractivity contribution is 6.29. The van der Waals surface area contributed by atoms with Gasteiger partial charge >= 0.3 is 0 Å². The molecule has 0 saturated carbocycles. The molecule has 0 aliphatic carbocycles. The second-order valence-electron chi connectivity index (χ2n) is 17.0. The first kappa shape index (κ1) is 35.8. The zero-order chi connectivity index (χ0) is 42.6. The van der Waals surface area contributed by atoms with Crippen molar-refractivity contribution in [1.82, 2.24) is 23.7 Å². The average molecular weight is 828 g/mol. The SMILES string of the molecule is c1ccc(-c2cccc(-n3c4ccccc4c4c5c6ccccc6n(-c6ccc7c(c6)c6ccccc6n7-c6nc7ccccc7nc6-c6ccc7ccccc7c6)c5ccc43)c2)cc1. The summed E-state index contributed by atoms with van der Waals surface area (Å²) in [4.78, 5) is 10.8. The average Bonchev–Trinajstić information content (AvgIpc) is 4.01. The van der Waals surface area contributed by atoms with Gasteiger partial charge in [-0.05, 0) is 101 Å². The van der Waals surface area contributed by atoms with Gasteiger partial charge < -0.3 is 9.13 Å². The highest BCUT2D eigenvalue weighted by Crippen LogP contribution is 2.44. The third kappa shape index (κ3) is 5.33. The molecule has 0 saturated heterocycles. The quantitative estimate of drug-likeness (QED) is 0.173. The Morgan fingerprint density at radius 1 is 0.277 bits per heavy atom. The maximum Gasteiger partial charge on any atom is 0.165 e. The van der Waals surface area contributed by atoms with Crippen LogP contribution in [0.5, 0.6) is 0 Å². The molecule has 65 heavy (non-hydrogen) atoms. The standard InChI is InChI=1S/C60H37N5/c1-2-15-38(16-3-1)41-19-14-20-43(36-41)63-52-27-12-7-22-46(52)57-55(63)33-34-56-58(57)47-23-8-13-28-53(47)64(56)44-31-32-54-48(37-44)45-21-6-11-26-51(45)65(54)60-59(61-49-24-9-10-25-50(49)62-60)42-30-29-39-17-4-5-18-40(39)35-42/h1-37H. The van der Waals surface area contributed by atoms with Crippen LogP contribution in [-0.4, -0.2) is 23.7 Å². The van der Waals surface area contributed by atoms with Crippen molar-refractivity contribution >= 4 is 87.2 Å². The van der Waals surface area contributed by atoms with E-state index in [4.69, 9.17) is 9.97 Å². The molecule has 0 aliphatic heterocycles. The molecule has 14 aromatic rings. The summed E-state index contributed by atoms with van der Waals surface area (Å²) in [5, 5.41) is 9.64. The molecule has 4 heterocycles. The molecule has 10 aromatic carbocycles. The highest BCUT2D eigenvalue weighted by atomic mass is 15.1. The van der Waals surface area contributed by atoms with Crippen molar-refractivity contribution in [2.24, 2.45) is 0 Å². The highest BCUT2D eigenvalue weighted by Gasteiger charge is 2.23. The van der Waals surface area contributed by atoms with E-state index in [2.05, 4.69) is 226 Å². The van der Waals surface area contributed by atoms with E-state index >= 15 is 0 Å². The second-order valence-corrected chi connectivity index (χ2v) is 17.0. The Bertz CT molecular complexity index is 4250. The van der Waals surface area contributed by atoms with E-state index in [1.54, 1.807) is 0 Å². The van der Waals surface area contributed by atoms with Crippen molar-refractivity contribution in [2.45, 2.75) is 0 Å². The fourth-order valence-electron chi connectivity index (χ4n) is 10.5. The Kier molecular flexibility index (Phi) is 7.62. The first-order chi connectivity index (χ1) is 32.2. The van der Waals surface area contributed by atoms with Gasteiger partial charge in [0.1, 0.15) is 5.69 Å². The topological polar surface area (TPSA) is 40.6 Å². The Morgan fingerprint density at radius 3 is 1.54 bits per heavy atom. The smallest absolute Gasteiger partial charge is 0.165 e. The van der Waals surface area contributed by atoms with E-state index in [9.17, 15) is 0 Å². The zero-order valence-corrected chi connectivity index (χ0v) is 35.1. The maximum atomic E-state index is 5.42. The lowest BCUT2D eigenvalue weighted by atomic mass is 10.0. The predicted molar refractivity (Wildman–Crippen MR) is 271 cm³/mol. The Balaban J connectivity index is 1.01. The van der Waals surface area contributed by atoms with Crippen LogP contribution in [0.25, 0.3) is 127 Å². The van der Waals surface area contributed by atoms with Gasteiger partial charge in [0.15, 0.2) is 5.82 Å². The lowest BCUT2D eigenvalue weighted by molar-refractivity contribution is 1.08. The van der Waals surface area contributed by atoms with Crippen LogP contribution in [0, 0.1) is 0 Å². The summed E-state index contributed by atoms with van der Waals surface area (Å²) in [6.45, 7) is 0. The first-order valence-corrected chi connectivity index (χ1v) is 22.2. The van der Waals surface area contributed by atoms with Gasteiger partial charge in [-0.3, -0.25) is 4.57 Å². The Labute approximate surface area is 373 Å². The summed E-state index contributed by atoms with van der Waals surface area (Å²) in [5.41, 5.74) is 15.1. The summed E-state index contributed by atoms with van der Waals surface area (Å²) in [5.74, 6) is 0.808. The summed E-state index contributed by atoms with van der Waals surface area (Å²) < 4.78 is 7.20. The molecule has 0 unspecified atom stereocenters. The van der Waals surface area contributed by atoms with Gasteiger partial charge in [0, 0.05) is 49.3 Å². The van der Waals surface area contributed by atoms with E-state index in [1.165, 1.54) is 65.5 Å². The van der Waals surface area contributed by atoms with Crippen LogP contribution >= 0.6 is 0 Å². The molecular weight excluding hydrogens is 791 g/mol. The molecule has 0 N–H and O–H groups in total. The van der Waals surface area contributed by atoms with Crippen molar-refractivity contribution in [3.63, 3.8) is 0 Å². The summed E-state index contributed by atoms with van der Waals surface area (Å²) in [7, 11) is 0. The third-order valence-corrected chi connectivity index (χ3v) is 13.4. The van der Waals surface area contributed by atoms with Crippen LogP contribution in [0.3, 0.4) is 0 Å². The van der Waals surface area contributed by atoms with Gasteiger partial charge in [0.05, 0.1) is 44.1 Å². The fraction of sp³-hybridized carbons (Fsp3) is 0. The van der Waals surface area contributed by atoms with Crippen molar-refractivity contribution in [3.8, 4) is 39.6 Å². The van der Waals surface area contributed by atoms with Gasteiger partial charge in [0.2, 0.25) is 0 Å². The van der Waals surface area contributed by atoms with Gasteiger partial charge in [-0.2, -0.15) is 0 Å². The Hall–Kier alpha value is -8.80. The van der Waals surface area contributed by atoms with Gasteiger partial charge in [-0.25, -0.2) is 9.97 Å². The molecule has 0 bridgehead atoms. The van der Waals surface area contributed by atoms with E-state index < -0.39 is 0 Å². The zero-order valence-electron chi connectivity index (χ0n) is 35.1. The van der Waals surface area contributed by atoms with E-state index in [-0.39, 0.29) is 0 Å². The van der Waals surface area contributed by atoms with Crippen LogP contribution < -0.4 is 0 Å². The summed E-state index contributed by atoms with van der Waals surface area (Å²) in [6, 6.07) is 80.8. The number of aromatic nitrogens is 5. The van der Waals surface area contributed by atoms with Crippen molar-refractivity contribution in [3.05, 3.63) is 224 Å². The van der Waals surface area contributed by atoms with Crippen molar-refractivity contribution in [1.29, 1.82) is 0 Å². The molecule has 0 fully saturated rings. The van der Waals surface area contributed by atoms with Crippen molar-refractivity contribution in [2.75, 3.05) is 0 Å². The number of nitrogens with zero attached hydrogens (tertiary/aromatic N) is 5. The third-order valence-electron chi connectivity index (χ3n) is 13.4. The van der Waals surface area contributed by atoms with Gasteiger partial charge in [0.25, 0.3) is 0 Å². The molecule has 5 heteroatoms. The van der Waals surface area contributed by atoms with Crippen LogP contribution in [0.2, 0.25) is 0 Å². The summed E-state index contributed by atoms with van der Waals surface area (Å²) in [6.07, 6.45) is 0. The van der Waals surface area contributed by atoms with Gasteiger partial charge in [-0.1, -0.05) is 146 Å². The number of hydrogen-bond acceptors (Lipinski definition) is 2. The molecule has 0 aliphatic rings. The number of benzene rings is 10. The van der Waals surface area contributed by atoms with Crippen molar-refractivity contribution < 1.29 is 0 Å². The molecular formula is C60H37N5. The minimum absolute atomic E-state index is 0.808. The van der Waals surface area contributed by atoms with Crippen LogP contribution in [0.4, 0.5) is 0 Å². The first-order valence-electron chi connectivity index (χ1n) is 22.2. The summed E-state index contributed by atoms with van der Waals surface area (Å²) >= 11 is 0. The minimum atomic E-state index is 0.808. The van der Waals surface area contributed by atoms with Crippen LogP contribution in [-0.2, 0) is 0 Å². The number of hydrogen-bond donors (Lipinski definition) is 0. The molecule has 0 radical (unpaired) electrons. The maximum absolute atomic E-state index is 5.42. The Morgan fingerprint density at radius 2 is 0.815 bits per heavy atom. The number of para-hydroxylation sites is 5. The molecule has 302 valence electrons.